The average molecular weight is 561 g/mol. The van der Waals surface area contributed by atoms with Crippen molar-refractivity contribution in [2.75, 3.05) is 38.0 Å². The van der Waals surface area contributed by atoms with Gasteiger partial charge in [0.05, 0.1) is 11.7 Å². The first-order chi connectivity index (χ1) is 19.8. The zero-order valence-electron chi connectivity index (χ0n) is 24.2. The summed E-state index contributed by atoms with van der Waals surface area (Å²) in [5, 5.41) is 3.11. The van der Waals surface area contributed by atoms with Crippen molar-refractivity contribution in [1.82, 2.24) is 34.3 Å². The Labute approximate surface area is 239 Å². The number of nitrogens with one attached hydrogen (secondary N) is 1. The minimum atomic E-state index is -0.628. The number of benzene rings is 1. The van der Waals surface area contributed by atoms with Crippen LogP contribution in [0.25, 0.3) is 22.3 Å². The van der Waals surface area contributed by atoms with Crippen molar-refractivity contribution in [3.63, 3.8) is 0 Å². The van der Waals surface area contributed by atoms with Crippen LogP contribution in [0, 0.1) is 24.5 Å². The Kier molecular flexibility index (Phi) is 7.70. The maximum atomic E-state index is 15.1. The van der Waals surface area contributed by atoms with E-state index in [1.807, 2.05) is 37.6 Å². The summed E-state index contributed by atoms with van der Waals surface area (Å²) in [7, 11) is 0. The lowest BCUT2D eigenvalue weighted by Crippen LogP contribution is -2.49. The normalized spacial score (nSPS) is 17.7. The van der Waals surface area contributed by atoms with Crippen LogP contribution in [0.4, 0.5) is 20.5 Å². The lowest BCUT2D eigenvalue weighted by atomic mass is 9.76. The van der Waals surface area contributed by atoms with Crippen molar-refractivity contribution in [1.29, 1.82) is 0 Å². The SMILES string of the molecule is CCN1CCN([C@@H](c2ccc(Nc3ncc(F)c(-c4cc(F)c5nc(C)n(C(C)C)c5c4)n3)nc2)C2CCC2)CC1. The molecule has 0 unspecified atom stereocenters. The van der Waals surface area contributed by atoms with Crippen molar-refractivity contribution < 1.29 is 8.78 Å². The first-order valence-electron chi connectivity index (χ1n) is 14.7. The van der Waals surface area contributed by atoms with Crippen LogP contribution in [-0.4, -0.2) is 67.0 Å². The predicted octanol–water partition coefficient (Wildman–Crippen LogP) is 6.28. The monoisotopic (exact) mass is 560 g/mol. The third-order valence-electron chi connectivity index (χ3n) is 8.67. The van der Waals surface area contributed by atoms with Gasteiger partial charge in [-0.3, -0.25) is 4.90 Å². The Morgan fingerprint density at radius 2 is 1.76 bits per heavy atom. The number of hydrogen-bond acceptors (Lipinski definition) is 7. The van der Waals surface area contributed by atoms with Gasteiger partial charge in [-0.2, -0.15) is 0 Å². The molecule has 6 rings (SSSR count). The molecule has 4 aromatic rings. The summed E-state index contributed by atoms with van der Waals surface area (Å²) >= 11 is 0. The molecule has 1 aliphatic carbocycles. The first-order valence-corrected chi connectivity index (χ1v) is 14.7. The van der Waals surface area contributed by atoms with Gasteiger partial charge in [-0.1, -0.05) is 19.4 Å². The van der Waals surface area contributed by atoms with Gasteiger partial charge in [0.2, 0.25) is 5.95 Å². The second kappa shape index (κ2) is 11.4. The molecule has 0 amide bonds. The quantitative estimate of drug-likeness (QED) is 0.272. The van der Waals surface area contributed by atoms with Gasteiger partial charge in [-0.25, -0.2) is 28.7 Å². The van der Waals surface area contributed by atoms with Crippen LogP contribution in [0.15, 0.2) is 36.7 Å². The van der Waals surface area contributed by atoms with E-state index in [2.05, 4.69) is 48.0 Å². The van der Waals surface area contributed by atoms with Gasteiger partial charge in [-0.15, -0.1) is 0 Å². The topological polar surface area (TPSA) is 75.0 Å². The summed E-state index contributed by atoms with van der Waals surface area (Å²) in [6.07, 6.45) is 6.86. The Hall–Kier alpha value is -3.50. The molecule has 2 aliphatic rings. The second-order valence-electron chi connectivity index (χ2n) is 11.5. The number of rotatable bonds is 8. The largest absolute Gasteiger partial charge is 0.326 e. The molecular formula is C31H38F2N8. The van der Waals surface area contributed by atoms with Gasteiger partial charge >= 0.3 is 0 Å². The fraction of sp³-hybridized carbons (Fsp3) is 0.484. The Morgan fingerprint density at radius 3 is 2.39 bits per heavy atom. The number of aromatic nitrogens is 5. The number of pyridine rings is 1. The minimum Gasteiger partial charge on any atom is -0.326 e. The molecule has 1 N–H and O–H groups in total. The van der Waals surface area contributed by atoms with Crippen molar-refractivity contribution in [3.05, 3.63) is 59.7 Å². The van der Waals surface area contributed by atoms with E-state index in [4.69, 9.17) is 0 Å². The van der Waals surface area contributed by atoms with E-state index in [0.717, 1.165) is 38.9 Å². The molecule has 1 saturated carbocycles. The molecule has 1 aromatic carbocycles. The summed E-state index contributed by atoms with van der Waals surface area (Å²) in [5.41, 5.74) is 2.45. The first kappa shape index (κ1) is 27.7. The molecule has 8 nitrogen and oxygen atoms in total. The van der Waals surface area contributed by atoms with Crippen LogP contribution in [0.5, 0.6) is 0 Å². The van der Waals surface area contributed by atoms with Crippen molar-refractivity contribution in [3.8, 4) is 11.3 Å². The van der Waals surface area contributed by atoms with Crippen LogP contribution in [0.3, 0.4) is 0 Å². The highest BCUT2D eigenvalue weighted by atomic mass is 19.1. The summed E-state index contributed by atoms with van der Waals surface area (Å²) in [4.78, 5) is 22.7. The predicted molar refractivity (Wildman–Crippen MR) is 157 cm³/mol. The summed E-state index contributed by atoms with van der Waals surface area (Å²) in [6, 6.07) is 7.54. The van der Waals surface area contributed by atoms with E-state index in [9.17, 15) is 4.39 Å². The smallest absolute Gasteiger partial charge is 0.229 e. The molecule has 1 aliphatic heterocycles. The lowest BCUT2D eigenvalue weighted by Gasteiger charge is -2.45. The highest BCUT2D eigenvalue weighted by molar-refractivity contribution is 5.83. The van der Waals surface area contributed by atoms with E-state index in [1.54, 1.807) is 6.07 Å². The number of halogens is 2. The number of likely N-dealkylation sites (N-methyl/N-ethyl adjacent to an activating group) is 1. The van der Waals surface area contributed by atoms with Crippen LogP contribution in [0.1, 0.15) is 63.5 Å². The van der Waals surface area contributed by atoms with Gasteiger partial charge in [0, 0.05) is 50.0 Å². The molecule has 2 fully saturated rings. The summed E-state index contributed by atoms with van der Waals surface area (Å²) in [5.74, 6) is 0.999. The molecule has 1 saturated heterocycles. The number of piperazine rings is 1. The molecule has 10 heteroatoms. The van der Waals surface area contributed by atoms with E-state index in [1.165, 1.54) is 30.9 Å². The maximum Gasteiger partial charge on any atom is 0.229 e. The molecule has 0 radical (unpaired) electrons. The zero-order valence-corrected chi connectivity index (χ0v) is 24.2. The Morgan fingerprint density at radius 1 is 0.976 bits per heavy atom. The third kappa shape index (κ3) is 5.42. The number of imidazole rings is 1. The van der Waals surface area contributed by atoms with Gasteiger partial charge in [0.1, 0.15) is 22.9 Å². The van der Waals surface area contributed by atoms with Crippen LogP contribution in [-0.2, 0) is 0 Å². The van der Waals surface area contributed by atoms with Crippen LogP contribution in [0.2, 0.25) is 0 Å². The molecule has 3 aromatic heterocycles. The van der Waals surface area contributed by atoms with E-state index >= 15 is 4.39 Å². The van der Waals surface area contributed by atoms with Crippen molar-refractivity contribution >= 4 is 22.8 Å². The summed E-state index contributed by atoms with van der Waals surface area (Å²) < 4.78 is 31.9. The Bertz CT molecular complexity index is 1520. The average Bonchev–Trinajstić information content (AvgIpc) is 3.29. The highest BCUT2D eigenvalue weighted by Crippen LogP contribution is 2.42. The summed E-state index contributed by atoms with van der Waals surface area (Å²) in [6.45, 7) is 13.5. The number of fused-ring (bicyclic) bond motifs is 1. The highest BCUT2D eigenvalue weighted by Gasteiger charge is 2.34. The molecule has 4 heterocycles. The molecule has 0 bridgehead atoms. The van der Waals surface area contributed by atoms with Gasteiger partial charge in [0.15, 0.2) is 11.6 Å². The number of anilines is 2. The third-order valence-corrected chi connectivity index (χ3v) is 8.67. The van der Waals surface area contributed by atoms with Crippen molar-refractivity contribution in [2.24, 2.45) is 5.92 Å². The second-order valence-corrected chi connectivity index (χ2v) is 11.5. The molecular weight excluding hydrogens is 522 g/mol. The zero-order chi connectivity index (χ0) is 28.7. The van der Waals surface area contributed by atoms with Crippen LogP contribution < -0.4 is 5.32 Å². The molecule has 0 spiro atoms. The van der Waals surface area contributed by atoms with Gasteiger partial charge < -0.3 is 14.8 Å². The van der Waals surface area contributed by atoms with Gasteiger partial charge in [0.25, 0.3) is 0 Å². The van der Waals surface area contributed by atoms with Crippen LogP contribution >= 0.6 is 0 Å². The van der Waals surface area contributed by atoms with E-state index in [-0.39, 0.29) is 23.2 Å². The maximum absolute atomic E-state index is 15.1. The molecule has 41 heavy (non-hydrogen) atoms. The van der Waals surface area contributed by atoms with Crippen molar-refractivity contribution in [2.45, 2.75) is 59.0 Å². The Balaban J connectivity index is 1.24. The van der Waals surface area contributed by atoms with Gasteiger partial charge in [-0.05, 0) is 69.8 Å². The number of aryl methyl sites for hydroxylation is 1. The fourth-order valence-corrected chi connectivity index (χ4v) is 6.35. The molecule has 216 valence electrons. The standard InChI is InChI=1S/C31H38F2N8/c1-5-39-11-13-40(14-12-39)30(21-7-6-8-21)22-9-10-27(34-17-22)37-31-35-18-25(33)28(38-31)23-15-24(32)29-26(16-23)41(19(2)3)20(4)36-29/h9-10,15-19,21,30H,5-8,11-14H2,1-4H3,(H,34,35,37,38)/t30-/m1/s1. The number of nitrogens with zero attached hydrogens (tertiary/aromatic N) is 7. The molecule has 1 atom stereocenters. The number of hydrogen-bond donors (Lipinski definition) is 1. The fourth-order valence-electron chi connectivity index (χ4n) is 6.35. The van der Waals surface area contributed by atoms with E-state index < -0.39 is 11.6 Å². The minimum absolute atomic E-state index is 0.0188. The van der Waals surface area contributed by atoms with E-state index in [0.29, 0.717) is 34.7 Å². The lowest BCUT2D eigenvalue weighted by molar-refractivity contribution is 0.0467.